The second kappa shape index (κ2) is 3.42. The lowest BCUT2D eigenvalue weighted by Crippen LogP contribution is -2.25. The molecule has 6 heteroatoms. The Morgan fingerprint density at radius 3 is 2.50 bits per heavy atom. The van der Waals surface area contributed by atoms with Crippen molar-refractivity contribution in [2.24, 2.45) is 0 Å². The summed E-state index contributed by atoms with van der Waals surface area (Å²) in [6.45, 7) is 0. The molecule has 0 spiro atoms. The number of fused-ring (bicyclic) bond motifs is 1. The van der Waals surface area contributed by atoms with E-state index in [0.717, 1.165) is 0 Å². The largest absolute Gasteiger partial charge is 0.465 e. The van der Waals surface area contributed by atoms with Crippen LogP contribution in [0, 0.1) is 0 Å². The zero-order valence-electron chi connectivity index (χ0n) is 8.26. The Morgan fingerprint density at radius 2 is 1.88 bits per heavy atom. The molecule has 2 amide bonds. The molecule has 0 radical (unpaired) electrons. The van der Waals surface area contributed by atoms with Crippen LogP contribution in [0.4, 0.5) is 0 Å². The molecule has 16 heavy (non-hydrogen) atoms. The van der Waals surface area contributed by atoms with Crippen LogP contribution in [0.25, 0.3) is 0 Å². The van der Waals surface area contributed by atoms with Crippen LogP contribution >= 0.6 is 0 Å². The molecule has 82 valence electrons. The second-order valence-electron chi connectivity index (χ2n) is 3.17. The van der Waals surface area contributed by atoms with Crippen LogP contribution in [-0.4, -0.2) is 35.2 Å². The molecule has 1 aromatic carbocycles. The summed E-state index contributed by atoms with van der Waals surface area (Å²) in [5.41, 5.74) is 0.216. The van der Waals surface area contributed by atoms with Gasteiger partial charge in [-0.2, -0.15) is 0 Å². The lowest BCUT2D eigenvalue weighted by Gasteiger charge is -2.00. The van der Waals surface area contributed by atoms with Crippen molar-refractivity contribution in [1.29, 1.82) is 0 Å². The maximum absolute atomic E-state index is 11.4. The monoisotopic (exact) mass is 221 g/mol. The third-order valence-electron chi connectivity index (χ3n) is 2.29. The highest BCUT2D eigenvalue weighted by Gasteiger charge is 2.35. The average Bonchev–Trinajstić information content (AvgIpc) is 2.53. The van der Waals surface area contributed by atoms with Crippen LogP contribution in [0.15, 0.2) is 18.2 Å². The molecule has 0 unspecified atom stereocenters. The Morgan fingerprint density at radius 1 is 1.25 bits per heavy atom. The smallest absolute Gasteiger partial charge is 0.337 e. The summed E-state index contributed by atoms with van der Waals surface area (Å²) in [7, 11) is 1.21. The predicted octanol–water partition coefficient (Wildman–Crippen LogP) is 0.458. The van der Waals surface area contributed by atoms with Gasteiger partial charge in [0, 0.05) is 0 Å². The lowest BCUT2D eigenvalue weighted by molar-refractivity contribution is -0.0327. The lowest BCUT2D eigenvalue weighted by atomic mass is 10.1. The minimum absolute atomic E-state index is 0.00426. The van der Waals surface area contributed by atoms with Gasteiger partial charge in [0.15, 0.2) is 0 Å². The van der Waals surface area contributed by atoms with Crippen molar-refractivity contribution in [3.63, 3.8) is 0 Å². The molecule has 0 saturated carbocycles. The van der Waals surface area contributed by atoms with Crippen molar-refractivity contribution in [3.8, 4) is 0 Å². The van der Waals surface area contributed by atoms with Crippen LogP contribution < -0.4 is 0 Å². The summed E-state index contributed by atoms with van der Waals surface area (Å²) in [4.78, 5) is 33.9. The summed E-state index contributed by atoms with van der Waals surface area (Å²) in [6.07, 6.45) is 0. The topological polar surface area (TPSA) is 83.9 Å². The van der Waals surface area contributed by atoms with Gasteiger partial charge in [0.2, 0.25) is 0 Å². The van der Waals surface area contributed by atoms with E-state index in [-0.39, 0.29) is 21.8 Å². The van der Waals surface area contributed by atoms with E-state index in [1.54, 1.807) is 0 Å². The van der Waals surface area contributed by atoms with E-state index in [9.17, 15) is 14.4 Å². The fourth-order valence-electron chi connectivity index (χ4n) is 1.47. The van der Waals surface area contributed by atoms with Gasteiger partial charge in [-0.25, -0.2) is 4.79 Å². The Balaban J connectivity index is 2.53. The SMILES string of the molecule is COC(=O)c1ccc2c(c1)C(=O)N(O)C2=O. The predicted molar refractivity (Wildman–Crippen MR) is 50.1 cm³/mol. The maximum Gasteiger partial charge on any atom is 0.337 e. The van der Waals surface area contributed by atoms with E-state index in [1.807, 2.05) is 0 Å². The van der Waals surface area contributed by atoms with Gasteiger partial charge in [-0.1, -0.05) is 0 Å². The molecule has 0 bridgehead atoms. The number of imide groups is 1. The standard InChI is InChI=1S/C10H7NO5/c1-16-10(14)5-2-3-6-7(4-5)9(13)11(15)8(6)12/h2-4,15H,1H3. The van der Waals surface area contributed by atoms with Crippen molar-refractivity contribution in [2.75, 3.05) is 7.11 Å². The van der Waals surface area contributed by atoms with E-state index in [4.69, 9.17) is 5.21 Å². The molecule has 1 aliphatic rings. The minimum Gasteiger partial charge on any atom is -0.465 e. The first-order valence-electron chi connectivity index (χ1n) is 4.36. The van der Waals surface area contributed by atoms with Crippen LogP contribution in [0.3, 0.4) is 0 Å². The van der Waals surface area contributed by atoms with E-state index >= 15 is 0 Å². The summed E-state index contributed by atoms with van der Waals surface area (Å²) < 4.78 is 4.47. The molecule has 0 saturated heterocycles. The minimum atomic E-state index is -0.842. The highest BCUT2D eigenvalue weighted by molar-refractivity contribution is 6.20. The molecular formula is C10H7NO5. The maximum atomic E-state index is 11.4. The molecule has 6 nitrogen and oxygen atoms in total. The molecule has 1 heterocycles. The number of nitrogens with zero attached hydrogens (tertiary/aromatic N) is 1. The Kier molecular flexibility index (Phi) is 2.21. The first-order chi connectivity index (χ1) is 7.56. The third-order valence-corrected chi connectivity index (χ3v) is 2.29. The number of hydrogen-bond acceptors (Lipinski definition) is 5. The fraction of sp³-hybridized carbons (Fsp3) is 0.100. The molecular weight excluding hydrogens is 214 g/mol. The number of rotatable bonds is 1. The number of esters is 1. The zero-order chi connectivity index (χ0) is 11.9. The van der Waals surface area contributed by atoms with Gasteiger partial charge in [0.25, 0.3) is 11.8 Å². The fourth-order valence-corrected chi connectivity index (χ4v) is 1.47. The number of hydroxylamine groups is 2. The Hall–Kier alpha value is -2.21. The first kappa shape index (κ1) is 10.3. The number of carbonyl (C=O) groups excluding carboxylic acids is 3. The van der Waals surface area contributed by atoms with Crippen molar-refractivity contribution in [3.05, 3.63) is 34.9 Å². The highest BCUT2D eigenvalue weighted by atomic mass is 16.5. The summed E-state index contributed by atoms with van der Waals surface area (Å²) in [6, 6.07) is 3.88. The number of methoxy groups -OCH3 is 1. The Bertz CT molecular complexity index is 508. The van der Waals surface area contributed by atoms with Gasteiger partial charge in [-0.3, -0.25) is 14.8 Å². The quantitative estimate of drug-likeness (QED) is 0.423. The second-order valence-corrected chi connectivity index (χ2v) is 3.17. The summed E-state index contributed by atoms with van der Waals surface area (Å²) in [5.74, 6) is -2.25. The van der Waals surface area contributed by atoms with E-state index in [1.165, 1.54) is 25.3 Å². The molecule has 2 rings (SSSR count). The van der Waals surface area contributed by atoms with E-state index in [2.05, 4.69) is 4.74 Å². The van der Waals surface area contributed by atoms with Gasteiger partial charge in [0.1, 0.15) is 0 Å². The van der Waals surface area contributed by atoms with Crippen LogP contribution in [-0.2, 0) is 4.74 Å². The molecule has 1 aliphatic heterocycles. The molecule has 1 aromatic rings. The first-order valence-corrected chi connectivity index (χ1v) is 4.36. The van der Waals surface area contributed by atoms with E-state index in [0.29, 0.717) is 0 Å². The number of carbonyl (C=O) groups is 3. The summed E-state index contributed by atoms with van der Waals surface area (Å²) >= 11 is 0. The zero-order valence-corrected chi connectivity index (χ0v) is 8.26. The van der Waals surface area contributed by atoms with Crippen LogP contribution in [0.1, 0.15) is 31.1 Å². The van der Waals surface area contributed by atoms with Crippen molar-refractivity contribution < 1.29 is 24.3 Å². The van der Waals surface area contributed by atoms with Crippen molar-refractivity contribution >= 4 is 17.8 Å². The van der Waals surface area contributed by atoms with Gasteiger partial charge < -0.3 is 4.74 Å². The van der Waals surface area contributed by atoms with Crippen LogP contribution in [0.2, 0.25) is 0 Å². The normalized spacial score (nSPS) is 14.0. The van der Waals surface area contributed by atoms with Crippen molar-refractivity contribution in [1.82, 2.24) is 5.06 Å². The molecule has 1 N–H and O–H groups in total. The van der Waals surface area contributed by atoms with Crippen LogP contribution in [0.5, 0.6) is 0 Å². The molecule has 0 aromatic heterocycles. The van der Waals surface area contributed by atoms with Gasteiger partial charge >= 0.3 is 5.97 Å². The average molecular weight is 221 g/mol. The van der Waals surface area contributed by atoms with Gasteiger partial charge in [-0.15, -0.1) is 5.06 Å². The van der Waals surface area contributed by atoms with Gasteiger partial charge in [0.05, 0.1) is 23.8 Å². The third kappa shape index (κ3) is 1.28. The number of ether oxygens (including phenoxy) is 1. The molecule has 0 aliphatic carbocycles. The number of amides is 2. The molecule has 0 atom stereocenters. The molecule has 0 fully saturated rings. The van der Waals surface area contributed by atoms with Crippen molar-refractivity contribution in [2.45, 2.75) is 0 Å². The number of hydrogen-bond donors (Lipinski definition) is 1. The van der Waals surface area contributed by atoms with Gasteiger partial charge in [-0.05, 0) is 18.2 Å². The summed E-state index contributed by atoms with van der Waals surface area (Å²) in [5, 5.41) is 9.11. The Labute approximate surface area is 90.0 Å². The number of benzene rings is 1. The highest BCUT2D eigenvalue weighted by Crippen LogP contribution is 2.22. The van der Waals surface area contributed by atoms with E-state index < -0.39 is 17.8 Å².